The quantitative estimate of drug-likeness (QED) is 0.615. The van der Waals surface area contributed by atoms with Gasteiger partial charge < -0.3 is 5.73 Å². The Morgan fingerprint density at radius 3 is 2.80 bits per heavy atom. The van der Waals surface area contributed by atoms with E-state index < -0.39 is 5.91 Å². The van der Waals surface area contributed by atoms with Gasteiger partial charge in [-0.15, -0.1) is 11.3 Å². The summed E-state index contributed by atoms with van der Waals surface area (Å²) in [5, 5.41) is 1.72. The van der Waals surface area contributed by atoms with Crippen LogP contribution in [0, 0.1) is 0 Å². The van der Waals surface area contributed by atoms with Crippen molar-refractivity contribution in [3.8, 4) is 0 Å². The van der Waals surface area contributed by atoms with Gasteiger partial charge in [0.05, 0.1) is 0 Å². The Morgan fingerprint density at radius 2 is 2.50 bits per heavy atom. The maximum absolute atomic E-state index is 10.4. The first-order chi connectivity index (χ1) is 4.74. The lowest BCUT2D eigenvalue weighted by atomic mass is 10.5. The molecule has 0 fully saturated rings. The van der Waals surface area contributed by atoms with Crippen LogP contribution in [0.3, 0.4) is 0 Å². The van der Waals surface area contributed by atoms with Crippen LogP contribution in [0.1, 0.15) is 20.3 Å². The first kappa shape index (κ1) is 6.88. The Balaban J connectivity index is 2.98. The lowest BCUT2D eigenvalue weighted by Crippen LogP contribution is -2.11. The zero-order valence-corrected chi connectivity index (χ0v) is 5.72. The molecule has 0 aromatic carbocycles. The minimum absolute atomic E-state index is 0.145. The summed E-state index contributed by atoms with van der Waals surface area (Å²) in [6.07, 6.45) is 0.580. The third kappa shape index (κ3) is 1.19. The van der Waals surface area contributed by atoms with Crippen molar-refractivity contribution in [3.63, 3.8) is 0 Å². The standard InChI is InChI=1S/C5H4N2O2S/c6-5(9)3-2-10-4(1-8)7-3/h1-2H,(H2,6,9). The van der Waals surface area contributed by atoms with Gasteiger partial charge in [0.15, 0.2) is 11.3 Å². The van der Waals surface area contributed by atoms with Gasteiger partial charge in [-0.1, -0.05) is 0 Å². The van der Waals surface area contributed by atoms with Gasteiger partial charge in [0.1, 0.15) is 5.69 Å². The number of amides is 1. The van der Waals surface area contributed by atoms with Crippen molar-refractivity contribution >= 4 is 23.5 Å². The smallest absolute Gasteiger partial charge is 0.268 e. The van der Waals surface area contributed by atoms with Gasteiger partial charge >= 0.3 is 0 Å². The highest BCUT2D eigenvalue weighted by Gasteiger charge is 2.04. The van der Waals surface area contributed by atoms with E-state index in [1.54, 1.807) is 0 Å². The van der Waals surface area contributed by atoms with Crippen molar-refractivity contribution in [1.82, 2.24) is 4.98 Å². The molecule has 0 saturated carbocycles. The Labute approximate surface area is 60.7 Å². The minimum Gasteiger partial charge on any atom is -0.364 e. The van der Waals surface area contributed by atoms with Crippen molar-refractivity contribution in [3.05, 3.63) is 16.1 Å². The first-order valence-electron chi connectivity index (χ1n) is 2.44. The molecule has 0 aliphatic rings. The predicted molar refractivity (Wildman–Crippen MR) is 36.0 cm³/mol. The average Bonchev–Trinajstić information content (AvgIpc) is 2.34. The summed E-state index contributed by atoms with van der Waals surface area (Å²) in [7, 11) is 0. The van der Waals surface area contributed by atoms with E-state index in [1.807, 2.05) is 0 Å². The zero-order valence-electron chi connectivity index (χ0n) is 4.90. The zero-order chi connectivity index (χ0) is 7.56. The van der Waals surface area contributed by atoms with Gasteiger partial charge in [0.2, 0.25) is 0 Å². The summed E-state index contributed by atoms with van der Waals surface area (Å²) in [5.41, 5.74) is 5.02. The molecule has 1 amide bonds. The molecule has 1 rings (SSSR count). The summed E-state index contributed by atoms with van der Waals surface area (Å²) in [6, 6.07) is 0. The highest BCUT2D eigenvalue weighted by molar-refractivity contribution is 7.11. The van der Waals surface area contributed by atoms with Crippen LogP contribution in [0.2, 0.25) is 0 Å². The second-order valence-corrected chi connectivity index (χ2v) is 2.44. The summed E-state index contributed by atoms with van der Waals surface area (Å²) in [4.78, 5) is 24.0. The third-order valence-corrected chi connectivity index (χ3v) is 1.65. The summed E-state index contributed by atoms with van der Waals surface area (Å²) in [5.74, 6) is -0.607. The van der Waals surface area contributed by atoms with Crippen LogP contribution in [-0.2, 0) is 0 Å². The predicted octanol–water partition coefficient (Wildman–Crippen LogP) is 0.0545. The molecule has 4 nitrogen and oxygen atoms in total. The average molecular weight is 156 g/mol. The summed E-state index contributed by atoms with van der Waals surface area (Å²) >= 11 is 1.10. The van der Waals surface area contributed by atoms with E-state index >= 15 is 0 Å². The van der Waals surface area contributed by atoms with Crippen LogP contribution in [0.25, 0.3) is 0 Å². The molecule has 1 aromatic rings. The van der Waals surface area contributed by atoms with E-state index in [9.17, 15) is 9.59 Å². The number of hydrogen-bond donors (Lipinski definition) is 1. The van der Waals surface area contributed by atoms with Crippen molar-refractivity contribution < 1.29 is 9.59 Å². The molecule has 1 heterocycles. The van der Waals surface area contributed by atoms with Gasteiger partial charge in [-0.25, -0.2) is 4.98 Å². The second-order valence-electron chi connectivity index (χ2n) is 1.55. The Bertz CT molecular complexity index is 268. The normalized spacial score (nSPS) is 9.20. The summed E-state index contributed by atoms with van der Waals surface area (Å²) < 4.78 is 0. The molecular formula is C5H4N2O2S. The van der Waals surface area contributed by atoms with Crippen molar-refractivity contribution in [1.29, 1.82) is 0 Å². The molecule has 0 atom stereocenters. The molecule has 0 radical (unpaired) electrons. The van der Waals surface area contributed by atoms with Gasteiger partial charge in [0, 0.05) is 5.38 Å². The number of rotatable bonds is 2. The topological polar surface area (TPSA) is 73.1 Å². The molecule has 0 spiro atoms. The molecule has 0 saturated heterocycles. The highest BCUT2D eigenvalue weighted by atomic mass is 32.1. The number of nitrogens with two attached hydrogens (primary N) is 1. The fourth-order valence-electron chi connectivity index (χ4n) is 0.455. The van der Waals surface area contributed by atoms with Crippen molar-refractivity contribution in [2.75, 3.05) is 0 Å². The van der Waals surface area contributed by atoms with Crippen LogP contribution < -0.4 is 5.73 Å². The number of primary amides is 1. The molecule has 5 heteroatoms. The van der Waals surface area contributed by atoms with Gasteiger partial charge in [0.25, 0.3) is 5.91 Å². The molecule has 52 valence electrons. The molecule has 10 heavy (non-hydrogen) atoms. The maximum atomic E-state index is 10.4. The molecule has 0 bridgehead atoms. The van der Waals surface area contributed by atoms with E-state index in [2.05, 4.69) is 4.98 Å². The van der Waals surface area contributed by atoms with Crippen molar-refractivity contribution in [2.24, 2.45) is 5.73 Å². The molecule has 0 aliphatic carbocycles. The molecule has 0 unspecified atom stereocenters. The lowest BCUT2D eigenvalue weighted by molar-refractivity contribution is 0.0996. The fraction of sp³-hybridized carbons (Fsp3) is 0. The number of aromatic nitrogens is 1. The van der Waals surface area contributed by atoms with E-state index in [-0.39, 0.29) is 10.7 Å². The molecule has 2 N–H and O–H groups in total. The summed E-state index contributed by atoms with van der Waals surface area (Å²) in [6.45, 7) is 0. The van der Waals surface area contributed by atoms with Gasteiger partial charge in [-0.05, 0) is 0 Å². The van der Waals surface area contributed by atoms with Crippen LogP contribution in [-0.4, -0.2) is 17.2 Å². The van der Waals surface area contributed by atoms with Crippen LogP contribution in [0.5, 0.6) is 0 Å². The van der Waals surface area contributed by atoms with Crippen LogP contribution in [0.15, 0.2) is 5.38 Å². The molecule has 1 aromatic heterocycles. The monoisotopic (exact) mass is 156 g/mol. The first-order valence-corrected chi connectivity index (χ1v) is 3.32. The number of nitrogens with zero attached hydrogens (tertiary/aromatic N) is 1. The van der Waals surface area contributed by atoms with E-state index in [0.717, 1.165) is 11.3 Å². The van der Waals surface area contributed by atoms with Gasteiger partial charge in [-0.3, -0.25) is 9.59 Å². The second kappa shape index (κ2) is 2.57. The Morgan fingerprint density at radius 1 is 1.80 bits per heavy atom. The van der Waals surface area contributed by atoms with E-state index in [0.29, 0.717) is 6.29 Å². The number of carbonyl (C=O) groups excluding carboxylic acids is 2. The fourth-order valence-corrected chi connectivity index (χ4v) is 1.06. The third-order valence-electron chi connectivity index (χ3n) is 0.875. The van der Waals surface area contributed by atoms with Gasteiger partial charge in [-0.2, -0.15) is 0 Å². The Kier molecular flexibility index (Phi) is 1.77. The lowest BCUT2D eigenvalue weighted by Gasteiger charge is -1.80. The highest BCUT2D eigenvalue weighted by Crippen LogP contribution is 2.05. The number of aldehydes is 1. The SMILES string of the molecule is NC(=O)c1csc(C=O)n1. The molecular weight excluding hydrogens is 152 g/mol. The molecule has 0 aliphatic heterocycles. The van der Waals surface area contributed by atoms with E-state index in [4.69, 9.17) is 5.73 Å². The Hall–Kier alpha value is -1.23. The maximum Gasteiger partial charge on any atom is 0.268 e. The van der Waals surface area contributed by atoms with Crippen LogP contribution >= 0.6 is 11.3 Å². The van der Waals surface area contributed by atoms with Crippen LogP contribution in [0.4, 0.5) is 0 Å². The number of hydrogen-bond acceptors (Lipinski definition) is 4. The van der Waals surface area contributed by atoms with Crippen molar-refractivity contribution in [2.45, 2.75) is 0 Å². The minimum atomic E-state index is -0.607. The largest absolute Gasteiger partial charge is 0.364 e. The number of thiazole rings is 1. The number of carbonyl (C=O) groups is 2. The van der Waals surface area contributed by atoms with E-state index in [1.165, 1.54) is 5.38 Å².